The van der Waals surface area contributed by atoms with Gasteiger partial charge in [0.05, 0.1) is 17.4 Å². The van der Waals surface area contributed by atoms with Gasteiger partial charge in [0.25, 0.3) is 0 Å². The number of nitrogens with zero attached hydrogens (tertiary/aromatic N) is 3. The van der Waals surface area contributed by atoms with Crippen molar-refractivity contribution in [2.75, 3.05) is 4.90 Å². The number of para-hydroxylation sites is 1. The van der Waals surface area contributed by atoms with Gasteiger partial charge in [-0.05, 0) is 80.4 Å². The van der Waals surface area contributed by atoms with Gasteiger partial charge in [-0.1, -0.05) is 17.3 Å². The third-order valence-corrected chi connectivity index (χ3v) is 9.05. The molecule has 214 valence electrons. The number of anilines is 1. The molecule has 2 unspecified atom stereocenters. The van der Waals surface area contributed by atoms with E-state index in [4.69, 9.17) is 9.26 Å². The van der Waals surface area contributed by atoms with Crippen LogP contribution in [0.25, 0.3) is 21.3 Å². The summed E-state index contributed by atoms with van der Waals surface area (Å²) in [6.07, 6.45) is 0.721. The molecule has 3 aliphatic rings. The summed E-state index contributed by atoms with van der Waals surface area (Å²) in [5, 5.41) is 14.2. The molecule has 0 amide bonds. The molecule has 7 rings (SSSR count). The molecule has 4 heterocycles. The molecule has 12 heteroatoms. The normalized spacial score (nSPS) is 22.4. The number of ether oxygens (including phenoxy) is 2. The van der Waals surface area contributed by atoms with E-state index in [9.17, 15) is 23.1 Å². The highest BCUT2D eigenvalue weighted by atomic mass is 32.1. The van der Waals surface area contributed by atoms with Gasteiger partial charge in [-0.3, -0.25) is 0 Å². The first kappa shape index (κ1) is 26.3. The van der Waals surface area contributed by atoms with Crippen LogP contribution in [0.2, 0.25) is 0 Å². The fourth-order valence-electron chi connectivity index (χ4n) is 6.34. The zero-order valence-electron chi connectivity index (χ0n) is 21.8. The summed E-state index contributed by atoms with van der Waals surface area (Å²) in [7, 11) is 0. The van der Waals surface area contributed by atoms with E-state index in [1.165, 1.54) is 23.7 Å². The molecule has 8 nitrogen and oxygen atoms in total. The van der Waals surface area contributed by atoms with Crippen molar-refractivity contribution in [3.63, 3.8) is 0 Å². The molecule has 0 radical (unpaired) electrons. The van der Waals surface area contributed by atoms with E-state index in [2.05, 4.69) is 19.2 Å². The summed E-state index contributed by atoms with van der Waals surface area (Å²) in [6.45, 7) is 0.194. The summed E-state index contributed by atoms with van der Waals surface area (Å²) in [6, 6.07) is 12.3. The van der Waals surface area contributed by atoms with Gasteiger partial charge in [0.1, 0.15) is 17.2 Å². The highest BCUT2D eigenvalue weighted by Gasteiger charge is 2.42. The lowest BCUT2D eigenvalue weighted by Crippen LogP contribution is -2.45. The Hall–Kier alpha value is -3.64. The quantitative estimate of drug-likeness (QED) is 0.233. The predicted octanol–water partition coefficient (Wildman–Crippen LogP) is 7.14. The number of carboxylic acid groups (broad SMARTS) is 1. The number of benzene rings is 2. The number of piperidine rings is 1. The first-order chi connectivity index (χ1) is 19.7. The minimum Gasteiger partial charge on any atom is -0.476 e. The van der Waals surface area contributed by atoms with Crippen molar-refractivity contribution in [2.24, 2.45) is 0 Å². The topological polar surface area (TPSA) is 97.9 Å². The van der Waals surface area contributed by atoms with Crippen LogP contribution in [0.1, 0.15) is 66.3 Å². The average Bonchev–Trinajstić information content (AvgIpc) is 3.44. The van der Waals surface area contributed by atoms with Crippen molar-refractivity contribution >= 4 is 33.3 Å². The second-order valence-corrected chi connectivity index (χ2v) is 11.7. The maximum absolute atomic E-state index is 13.1. The highest BCUT2D eigenvalue weighted by molar-refractivity contribution is 7.13. The molecule has 3 fully saturated rings. The van der Waals surface area contributed by atoms with Crippen LogP contribution < -0.4 is 9.64 Å². The fraction of sp³-hybridized carbons (Fsp3) is 0.414. The van der Waals surface area contributed by atoms with Gasteiger partial charge in [-0.25, -0.2) is 4.79 Å². The molecule has 2 saturated heterocycles. The molecule has 2 aliphatic heterocycles. The standard InChI is InChI=1S/C29H26F3N3O5S/c30-29(31,32)39-23-4-2-1-3-20(23)25-22(27(40-33-25)15-5-6-15)14-38-19-11-16-7-8-17(12-19)35(16)18-9-10-21-24(13-18)41-34-26(21)28(36)37/h1-4,9-10,13,15-17,19H,5-8,11-12,14H2,(H,36,37). The molecule has 2 bridgehead atoms. The van der Waals surface area contributed by atoms with Crippen LogP contribution in [-0.4, -0.2) is 45.2 Å². The molecule has 2 aromatic carbocycles. The molecular weight excluding hydrogens is 559 g/mol. The van der Waals surface area contributed by atoms with E-state index in [0.717, 1.165) is 48.9 Å². The van der Waals surface area contributed by atoms with Gasteiger partial charge in [0.2, 0.25) is 0 Å². The van der Waals surface area contributed by atoms with E-state index in [1.54, 1.807) is 12.1 Å². The Kier molecular flexibility index (Phi) is 6.42. The van der Waals surface area contributed by atoms with Crippen molar-refractivity contribution in [1.29, 1.82) is 0 Å². The average molecular weight is 586 g/mol. The van der Waals surface area contributed by atoms with Gasteiger partial charge < -0.3 is 24.0 Å². The molecule has 2 atom stereocenters. The van der Waals surface area contributed by atoms with E-state index in [-0.39, 0.29) is 47.7 Å². The Morgan fingerprint density at radius 1 is 1.10 bits per heavy atom. The molecule has 41 heavy (non-hydrogen) atoms. The summed E-state index contributed by atoms with van der Waals surface area (Å²) >= 11 is 1.19. The van der Waals surface area contributed by atoms with Crippen molar-refractivity contribution in [3.8, 4) is 17.0 Å². The molecule has 1 saturated carbocycles. The molecule has 1 aliphatic carbocycles. The number of rotatable bonds is 8. The lowest BCUT2D eigenvalue weighted by atomic mass is 9.98. The van der Waals surface area contributed by atoms with Crippen molar-refractivity contribution in [2.45, 2.75) is 75.6 Å². The molecule has 4 aromatic rings. The lowest BCUT2D eigenvalue weighted by molar-refractivity contribution is -0.274. The van der Waals surface area contributed by atoms with Gasteiger partial charge in [-0.2, -0.15) is 4.37 Å². The first-order valence-corrected chi connectivity index (χ1v) is 14.4. The minimum absolute atomic E-state index is 0.0222. The van der Waals surface area contributed by atoms with Crippen LogP contribution in [0.5, 0.6) is 5.75 Å². The molecule has 1 N–H and O–H groups in total. The fourth-order valence-corrected chi connectivity index (χ4v) is 7.14. The number of carboxylic acids is 1. The number of alkyl halides is 3. The minimum atomic E-state index is -4.83. The van der Waals surface area contributed by atoms with E-state index in [0.29, 0.717) is 22.4 Å². The zero-order chi connectivity index (χ0) is 28.3. The number of hydrogen-bond donors (Lipinski definition) is 1. The Bertz CT molecular complexity index is 1600. The monoisotopic (exact) mass is 585 g/mol. The third-order valence-electron chi connectivity index (χ3n) is 8.24. The zero-order valence-corrected chi connectivity index (χ0v) is 22.6. The number of carbonyl (C=O) groups is 1. The van der Waals surface area contributed by atoms with Crippen molar-refractivity contribution in [1.82, 2.24) is 9.53 Å². The predicted molar refractivity (Wildman–Crippen MR) is 144 cm³/mol. The van der Waals surface area contributed by atoms with Crippen LogP contribution in [-0.2, 0) is 11.3 Å². The van der Waals surface area contributed by atoms with Gasteiger partial charge in [-0.15, -0.1) is 13.2 Å². The second kappa shape index (κ2) is 10.0. The van der Waals surface area contributed by atoms with E-state index >= 15 is 0 Å². The summed E-state index contributed by atoms with van der Waals surface area (Å²) < 4.78 is 60.6. The number of hydrogen-bond acceptors (Lipinski definition) is 8. The Labute approximate surface area is 236 Å². The van der Waals surface area contributed by atoms with Crippen LogP contribution >= 0.6 is 11.5 Å². The highest BCUT2D eigenvalue weighted by Crippen LogP contribution is 2.47. The molecular formula is C29H26F3N3O5S. The number of aromatic nitrogens is 2. The molecule has 0 spiro atoms. The Morgan fingerprint density at radius 3 is 2.56 bits per heavy atom. The Morgan fingerprint density at radius 2 is 1.85 bits per heavy atom. The van der Waals surface area contributed by atoms with Crippen molar-refractivity contribution < 1.29 is 37.1 Å². The van der Waals surface area contributed by atoms with Crippen LogP contribution in [0.4, 0.5) is 18.9 Å². The lowest BCUT2D eigenvalue weighted by Gasteiger charge is -2.40. The van der Waals surface area contributed by atoms with Crippen LogP contribution in [0.15, 0.2) is 47.0 Å². The van der Waals surface area contributed by atoms with Gasteiger partial charge >= 0.3 is 12.3 Å². The van der Waals surface area contributed by atoms with Crippen molar-refractivity contribution in [3.05, 3.63) is 59.5 Å². The van der Waals surface area contributed by atoms with Crippen LogP contribution in [0, 0.1) is 0 Å². The number of fused-ring (bicyclic) bond motifs is 3. The second-order valence-electron chi connectivity index (χ2n) is 10.9. The molecule has 2 aromatic heterocycles. The maximum atomic E-state index is 13.1. The smallest absolute Gasteiger partial charge is 0.476 e. The first-order valence-electron chi connectivity index (χ1n) is 13.6. The SMILES string of the molecule is O=C(O)c1nsc2cc(N3C4CCC3CC(OCc3c(-c5ccccc5OC(F)(F)F)noc3C3CC3)C4)ccc12. The number of halogens is 3. The van der Waals surface area contributed by atoms with Crippen LogP contribution in [0.3, 0.4) is 0 Å². The largest absolute Gasteiger partial charge is 0.573 e. The van der Waals surface area contributed by atoms with E-state index < -0.39 is 12.3 Å². The summed E-state index contributed by atoms with van der Waals surface area (Å²) in [5.41, 5.74) is 2.37. The maximum Gasteiger partial charge on any atom is 0.573 e. The number of aromatic carboxylic acids is 1. The van der Waals surface area contributed by atoms with Gasteiger partial charge in [0, 0.05) is 40.2 Å². The van der Waals surface area contributed by atoms with E-state index in [1.807, 2.05) is 18.2 Å². The summed E-state index contributed by atoms with van der Waals surface area (Å²) in [5.74, 6) is -0.469. The Balaban J connectivity index is 1.09. The van der Waals surface area contributed by atoms with Gasteiger partial charge in [0.15, 0.2) is 5.69 Å². The summed E-state index contributed by atoms with van der Waals surface area (Å²) in [4.78, 5) is 13.9. The third kappa shape index (κ3) is 5.03.